The molecule has 94 valence electrons. The van der Waals surface area contributed by atoms with Crippen LogP contribution < -0.4 is 0 Å². The van der Waals surface area contributed by atoms with Gasteiger partial charge in [0.05, 0.1) is 12.8 Å². The molecular weight excluding hydrogens is 230 g/mol. The summed E-state index contributed by atoms with van der Waals surface area (Å²) < 4.78 is 6.69. The predicted octanol–water partition coefficient (Wildman–Crippen LogP) is 2.67. The lowest BCUT2D eigenvalue weighted by Crippen LogP contribution is -2.06. The lowest BCUT2D eigenvalue weighted by molar-refractivity contribution is 0.0522. The molecule has 0 saturated carbocycles. The van der Waals surface area contributed by atoms with Crippen LogP contribution in [0, 0.1) is 6.92 Å². The number of para-hydroxylation sites is 1. The number of ether oxygens (including phenoxy) is 1. The van der Waals surface area contributed by atoms with E-state index in [2.05, 4.69) is 0 Å². The van der Waals surface area contributed by atoms with Crippen molar-refractivity contribution in [2.24, 2.45) is 0 Å². The van der Waals surface area contributed by atoms with Crippen LogP contribution in [-0.2, 0) is 4.74 Å². The highest BCUT2D eigenvalue weighted by molar-refractivity contribution is 5.94. The molecule has 0 aliphatic rings. The summed E-state index contributed by atoms with van der Waals surface area (Å²) in [5.41, 5.74) is 1.78. The van der Waals surface area contributed by atoms with E-state index < -0.39 is 5.97 Å². The second-order valence-electron chi connectivity index (χ2n) is 3.90. The van der Waals surface area contributed by atoms with Crippen molar-refractivity contribution in [3.8, 4) is 11.4 Å². The van der Waals surface area contributed by atoms with E-state index in [0.717, 1.165) is 5.69 Å². The Morgan fingerprint density at radius 3 is 2.61 bits per heavy atom. The van der Waals surface area contributed by atoms with E-state index in [4.69, 9.17) is 4.74 Å². The molecule has 4 nitrogen and oxygen atoms in total. The Kier molecular flexibility index (Phi) is 3.37. The zero-order valence-electron chi connectivity index (χ0n) is 10.4. The Labute approximate surface area is 105 Å². The van der Waals surface area contributed by atoms with Crippen molar-refractivity contribution in [2.45, 2.75) is 13.8 Å². The normalized spacial score (nSPS) is 10.3. The van der Waals surface area contributed by atoms with Gasteiger partial charge in [-0.1, -0.05) is 18.2 Å². The molecule has 0 amide bonds. The third kappa shape index (κ3) is 2.09. The number of benzene rings is 1. The summed E-state index contributed by atoms with van der Waals surface area (Å²) in [7, 11) is 0. The fourth-order valence-electron chi connectivity index (χ4n) is 1.90. The maximum absolute atomic E-state index is 11.7. The van der Waals surface area contributed by atoms with Gasteiger partial charge in [-0.25, -0.2) is 4.79 Å². The van der Waals surface area contributed by atoms with E-state index in [-0.39, 0.29) is 17.9 Å². The first-order valence-corrected chi connectivity index (χ1v) is 5.78. The molecule has 1 aromatic heterocycles. The molecular formula is C14H15NO3. The summed E-state index contributed by atoms with van der Waals surface area (Å²) in [4.78, 5) is 11.7. The summed E-state index contributed by atoms with van der Waals surface area (Å²) >= 11 is 0. The Bertz CT molecular complexity index is 558. The fourth-order valence-corrected chi connectivity index (χ4v) is 1.90. The van der Waals surface area contributed by atoms with Crippen molar-refractivity contribution in [3.63, 3.8) is 0 Å². The molecule has 18 heavy (non-hydrogen) atoms. The maximum Gasteiger partial charge on any atom is 0.343 e. The van der Waals surface area contributed by atoms with Crippen LogP contribution in [0.5, 0.6) is 5.75 Å². The highest BCUT2D eigenvalue weighted by atomic mass is 16.5. The van der Waals surface area contributed by atoms with Gasteiger partial charge < -0.3 is 14.4 Å². The molecule has 0 spiro atoms. The number of hydrogen-bond donors (Lipinski definition) is 1. The summed E-state index contributed by atoms with van der Waals surface area (Å²) in [6, 6.07) is 9.52. The van der Waals surface area contributed by atoms with E-state index in [1.165, 1.54) is 6.20 Å². The van der Waals surface area contributed by atoms with Gasteiger partial charge in [0.2, 0.25) is 0 Å². The zero-order chi connectivity index (χ0) is 13.1. The van der Waals surface area contributed by atoms with Crippen LogP contribution in [0.2, 0.25) is 0 Å². The van der Waals surface area contributed by atoms with Gasteiger partial charge in [0.25, 0.3) is 0 Å². The first kappa shape index (κ1) is 12.2. The highest BCUT2D eigenvalue weighted by Crippen LogP contribution is 2.27. The molecule has 0 unspecified atom stereocenters. The van der Waals surface area contributed by atoms with Gasteiger partial charge in [-0.2, -0.15) is 0 Å². The maximum atomic E-state index is 11.7. The molecule has 0 bridgehead atoms. The number of esters is 1. The molecule has 2 aromatic rings. The second kappa shape index (κ2) is 4.96. The lowest BCUT2D eigenvalue weighted by atomic mass is 10.2. The van der Waals surface area contributed by atoms with Crippen molar-refractivity contribution < 1.29 is 14.6 Å². The average Bonchev–Trinajstić information content (AvgIpc) is 2.66. The molecule has 0 radical (unpaired) electrons. The largest absolute Gasteiger partial charge is 0.505 e. The zero-order valence-corrected chi connectivity index (χ0v) is 10.4. The Morgan fingerprint density at radius 1 is 1.33 bits per heavy atom. The summed E-state index contributed by atoms with van der Waals surface area (Å²) in [6.45, 7) is 3.80. The van der Waals surface area contributed by atoms with Crippen LogP contribution >= 0.6 is 0 Å². The Hall–Kier alpha value is -2.23. The molecule has 0 aliphatic carbocycles. The minimum absolute atomic E-state index is 0.0604. The van der Waals surface area contributed by atoms with Gasteiger partial charge >= 0.3 is 5.97 Å². The standard InChI is InChI=1S/C14H15NO3/c1-3-18-14(17)13-10(2)15(9-12(13)16)11-7-5-4-6-8-11/h4-9,16H,3H2,1-2H3. The van der Waals surface area contributed by atoms with Gasteiger partial charge in [-0.3, -0.25) is 0 Å². The smallest absolute Gasteiger partial charge is 0.343 e. The Morgan fingerprint density at radius 2 is 2.00 bits per heavy atom. The van der Waals surface area contributed by atoms with Gasteiger partial charge in [-0.15, -0.1) is 0 Å². The summed E-state index contributed by atoms with van der Waals surface area (Å²) in [6.07, 6.45) is 1.52. The molecule has 0 fully saturated rings. The molecule has 1 aromatic carbocycles. The number of rotatable bonds is 3. The summed E-state index contributed by atoms with van der Waals surface area (Å²) in [5.74, 6) is -0.558. The number of nitrogens with zero attached hydrogens (tertiary/aromatic N) is 1. The van der Waals surface area contributed by atoms with Crippen LogP contribution in [0.4, 0.5) is 0 Å². The average molecular weight is 245 g/mol. The lowest BCUT2D eigenvalue weighted by Gasteiger charge is -2.06. The fraction of sp³-hybridized carbons (Fsp3) is 0.214. The SMILES string of the molecule is CCOC(=O)c1c(O)cn(-c2ccccc2)c1C. The van der Waals surface area contributed by atoms with E-state index in [0.29, 0.717) is 5.69 Å². The molecule has 0 saturated heterocycles. The quantitative estimate of drug-likeness (QED) is 0.846. The topological polar surface area (TPSA) is 51.5 Å². The van der Waals surface area contributed by atoms with E-state index >= 15 is 0 Å². The van der Waals surface area contributed by atoms with Gasteiger partial charge in [0.15, 0.2) is 0 Å². The number of hydrogen-bond acceptors (Lipinski definition) is 3. The number of aromatic hydroxyl groups is 1. The van der Waals surface area contributed by atoms with E-state index in [9.17, 15) is 9.90 Å². The van der Waals surface area contributed by atoms with Crippen molar-refractivity contribution in [3.05, 3.63) is 47.8 Å². The van der Waals surface area contributed by atoms with Crippen LogP contribution in [-0.4, -0.2) is 22.2 Å². The Balaban J connectivity index is 2.47. The molecule has 2 rings (SSSR count). The molecule has 1 N–H and O–H groups in total. The molecule has 1 heterocycles. The van der Waals surface area contributed by atoms with Crippen LogP contribution in [0.15, 0.2) is 36.5 Å². The van der Waals surface area contributed by atoms with Crippen LogP contribution in [0.25, 0.3) is 5.69 Å². The monoisotopic (exact) mass is 245 g/mol. The first-order chi connectivity index (χ1) is 8.65. The predicted molar refractivity (Wildman–Crippen MR) is 68.1 cm³/mol. The van der Waals surface area contributed by atoms with Crippen LogP contribution in [0.1, 0.15) is 23.0 Å². The third-order valence-electron chi connectivity index (χ3n) is 2.74. The van der Waals surface area contributed by atoms with Crippen molar-refractivity contribution in [1.29, 1.82) is 0 Å². The number of carbonyl (C=O) groups excluding carboxylic acids is 1. The van der Waals surface area contributed by atoms with E-state index in [1.54, 1.807) is 18.4 Å². The molecule has 0 aliphatic heterocycles. The number of aromatic nitrogens is 1. The second-order valence-corrected chi connectivity index (χ2v) is 3.90. The minimum Gasteiger partial charge on any atom is -0.505 e. The highest BCUT2D eigenvalue weighted by Gasteiger charge is 2.20. The van der Waals surface area contributed by atoms with Crippen molar-refractivity contribution in [2.75, 3.05) is 6.61 Å². The van der Waals surface area contributed by atoms with Gasteiger partial charge in [0, 0.05) is 11.4 Å². The molecule has 0 atom stereocenters. The van der Waals surface area contributed by atoms with Crippen molar-refractivity contribution in [1.82, 2.24) is 4.57 Å². The van der Waals surface area contributed by atoms with Crippen molar-refractivity contribution >= 4 is 5.97 Å². The molecule has 4 heteroatoms. The first-order valence-electron chi connectivity index (χ1n) is 5.78. The van der Waals surface area contributed by atoms with E-state index in [1.807, 2.05) is 30.3 Å². The third-order valence-corrected chi connectivity index (χ3v) is 2.74. The van der Waals surface area contributed by atoms with Gasteiger partial charge in [-0.05, 0) is 26.0 Å². The summed E-state index contributed by atoms with van der Waals surface area (Å²) in [5, 5.41) is 9.85. The van der Waals surface area contributed by atoms with Gasteiger partial charge in [0.1, 0.15) is 11.3 Å². The number of carbonyl (C=O) groups is 1. The minimum atomic E-state index is -0.498. The van der Waals surface area contributed by atoms with Crippen LogP contribution in [0.3, 0.4) is 0 Å².